The van der Waals surface area contributed by atoms with Gasteiger partial charge >= 0.3 is 5.97 Å². The zero-order valence-electron chi connectivity index (χ0n) is 12.3. The number of hydrogen-bond donors (Lipinski definition) is 2. The van der Waals surface area contributed by atoms with Crippen LogP contribution in [-0.4, -0.2) is 42.5 Å². The SMILES string of the molecule is CC(C)NC(C)(COCCOc1ccccc1)C(=O)O. The second-order valence-electron chi connectivity index (χ2n) is 5.15. The summed E-state index contributed by atoms with van der Waals surface area (Å²) in [7, 11) is 0. The highest BCUT2D eigenvalue weighted by molar-refractivity contribution is 5.78. The fourth-order valence-corrected chi connectivity index (χ4v) is 1.81. The molecule has 5 heteroatoms. The molecule has 0 spiro atoms. The third-order valence-electron chi connectivity index (χ3n) is 2.71. The van der Waals surface area contributed by atoms with Crippen LogP contribution in [0.1, 0.15) is 20.8 Å². The van der Waals surface area contributed by atoms with Gasteiger partial charge in [-0.2, -0.15) is 0 Å². The zero-order valence-corrected chi connectivity index (χ0v) is 12.3. The number of rotatable bonds is 9. The largest absolute Gasteiger partial charge is 0.491 e. The first-order chi connectivity index (χ1) is 9.44. The summed E-state index contributed by atoms with van der Waals surface area (Å²) in [6, 6.07) is 9.50. The van der Waals surface area contributed by atoms with Gasteiger partial charge in [-0.15, -0.1) is 0 Å². The molecule has 112 valence electrons. The Hall–Kier alpha value is -1.59. The minimum atomic E-state index is -1.08. The minimum absolute atomic E-state index is 0.0697. The van der Waals surface area contributed by atoms with Crippen molar-refractivity contribution in [1.29, 1.82) is 0 Å². The summed E-state index contributed by atoms with van der Waals surface area (Å²) in [4.78, 5) is 11.3. The summed E-state index contributed by atoms with van der Waals surface area (Å²) in [5, 5.41) is 12.2. The standard InChI is InChI=1S/C15H23NO4/c1-12(2)16-15(3,14(17)18)11-19-9-10-20-13-7-5-4-6-8-13/h4-8,12,16H,9-11H2,1-3H3,(H,17,18). The van der Waals surface area contributed by atoms with Gasteiger partial charge in [-0.05, 0) is 32.9 Å². The monoisotopic (exact) mass is 281 g/mol. The molecular weight excluding hydrogens is 258 g/mol. The van der Waals surface area contributed by atoms with Crippen LogP contribution in [0, 0.1) is 0 Å². The molecule has 1 aromatic carbocycles. The first-order valence-electron chi connectivity index (χ1n) is 6.71. The van der Waals surface area contributed by atoms with Crippen LogP contribution in [0.3, 0.4) is 0 Å². The third-order valence-corrected chi connectivity index (χ3v) is 2.71. The van der Waals surface area contributed by atoms with Crippen molar-refractivity contribution in [3.8, 4) is 5.75 Å². The lowest BCUT2D eigenvalue weighted by Gasteiger charge is -2.28. The van der Waals surface area contributed by atoms with Gasteiger partial charge in [-0.1, -0.05) is 18.2 Å². The topological polar surface area (TPSA) is 67.8 Å². The van der Waals surface area contributed by atoms with Crippen molar-refractivity contribution in [2.45, 2.75) is 32.4 Å². The summed E-state index contributed by atoms with van der Waals surface area (Å²) in [5.41, 5.74) is -1.08. The van der Waals surface area contributed by atoms with Gasteiger partial charge in [-0.3, -0.25) is 10.1 Å². The van der Waals surface area contributed by atoms with Gasteiger partial charge < -0.3 is 14.6 Å². The van der Waals surface area contributed by atoms with E-state index in [-0.39, 0.29) is 12.6 Å². The number of carbonyl (C=O) groups is 1. The Morgan fingerprint density at radius 2 is 1.95 bits per heavy atom. The van der Waals surface area contributed by atoms with Crippen LogP contribution >= 0.6 is 0 Å². The zero-order chi connectivity index (χ0) is 15.0. The lowest BCUT2D eigenvalue weighted by atomic mass is 10.0. The Bertz CT molecular complexity index is 408. The Labute approximate surface area is 119 Å². The van der Waals surface area contributed by atoms with E-state index in [1.807, 2.05) is 44.2 Å². The van der Waals surface area contributed by atoms with E-state index in [2.05, 4.69) is 5.32 Å². The molecule has 1 aromatic rings. The van der Waals surface area contributed by atoms with Crippen molar-refractivity contribution in [3.05, 3.63) is 30.3 Å². The summed E-state index contributed by atoms with van der Waals surface area (Å²) in [6.45, 7) is 6.25. The summed E-state index contributed by atoms with van der Waals surface area (Å²) in [6.07, 6.45) is 0. The molecule has 0 saturated heterocycles. The number of ether oxygens (including phenoxy) is 2. The smallest absolute Gasteiger partial charge is 0.326 e. The van der Waals surface area contributed by atoms with Gasteiger partial charge in [0, 0.05) is 6.04 Å². The molecular formula is C15H23NO4. The number of benzene rings is 1. The Balaban J connectivity index is 2.29. The van der Waals surface area contributed by atoms with Gasteiger partial charge in [0.2, 0.25) is 0 Å². The molecule has 0 aromatic heterocycles. The fourth-order valence-electron chi connectivity index (χ4n) is 1.81. The van der Waals surface area contributed by atoms with Crippen LogP contribution in [0.5, 0.6) is 5.75 Å². The molecule has 0 aliphatic heterocycles. The molecule has 0 aliphatic carbocycles. The minimum Gasteiger partial charge on any atom is -0.491 e. The van der Waals surface area contributed by atoms with E-state index < -0.39 is 11.5 Å². The van der Waals surface area contributed by atoms with Crippen LogP contribution in [0.15, 0.2) is 30.3 Å². The number of hydrogen-bond acceptors (Lipinski definition) is 4. The lowest BCUT2D eigenvalue weighted by molar-refractivity contribution is -0.147. The van der Waals surface area contributed by atoms with Crippen LogP contribution in [-0.2, 0) is 9.53 Å². The Morgan fingerprint density at radius 1 is 1.30 bits per heavy atom. The Morgan fingerprint density at radius 3 is 2.50 bits per heavy atom. The van der Waals surface area contributed by atoms with Gasteiger partial charge in [-0.25, -0.2) is 0 Å². The molecule has 0 amide bonds. The van der Waals surface area contributed by atoms with Crippen molar-refractivity contribution in [1.82, 2.24) is 5.32 Å². The number of carboxylic acids is 1. The van der Waals surface area contributed by atoms with E-state index in [1.165, 1.54) is 0 Å². The van der Waals surface area contributed by atoms with Crippen molar-refractivity contribution < 1.29 is 19.4 Å². The summed E-state index contributed by atoms with van der Waals surface area (Å²) in [5.74, 6) is -0.146. The van der Waals surface area contributed by atoms with E-state index in [9.17, 15) is 9.90 Å². The molecule has 0 saturated carbocycles. The molecule has 1 atom stereocenters. The second kappa shape index (κ2) is 7.87. The van der Waals surface area contributed by atoms with E-state index in [0.717, 1.165) is 5.75 Å². The molecule has 20 heavy (non-hydrogen) atoms. The molecule has 0 fully saturated rings. The molecule has 2 N–H and O–H groups in total. The molecule has 0 aliphatic rings. The van der Waals surface area contributed by atoms with Crippen molar-refractivity contribution in [2.24, 2.45) is 0 Å². The van der Waals surface area contributed by atoms with Crippen LogP contribution in [0.25, 0.3) is 0 Å². The molecule has 0 bridgehead atoms. The van der Waals surface area contributed by atoms with Crippen LogP contribution in [0.2, 0.25) is 0 Å². The van der Waals surface area contributed by atoms with E-state index in [1.54, 1.807) is 6.92 Å². The first kappa shape index (κ1) is 16.5. The first-order valence-corrected chi connectivity index (χ1v) is 6.71. The molecule has 1 unspecified atom stereocenters. The van der Waals surface area contributed by atoms with E-state index >= 15 is 0 Å². The number of carboxylic acid groups (broad SMARTS) is 1. The highest BCUT2D eigenvalue weighted by atomic mass is 16.5. The average molecular weight is 281 g/mol. The van der Waals surface area contributed by atoms with Gasteiger partial charge in [0.25, 0.3) is 0 Å². The maximum Gasteiger partial charge on any atom is 0.326 e. The Kier molecular flexibility index (Phi) is 6.48. The number of nitrogens with one attached hydrogen (secondary N) is 1. The molecule has 0 heterocycles. The highest BCUT2D eigenvalue weighted by Crippen LogP contribution is 2.09. The van der Waals surface area contributed by atoms with Crippen LogP contribution < -0.4 is 10.1 Å². The van der Waals surface area contributed by atoms with Crippen molar-refractivity contribution in [2.75, 3.05) is 19.8 Å². The van der Waals surface area contributed by atoms with Crippen molar-refractivity contribution in [3.63, 3.8) is 0 Å². The normalized spacial score (nSPS) is 14.0. The number of aliphatic carboxylic acids is 1. The van der Waals surface area contributed by atoms with Crippen LogP contribution in [0.4, 0.5) is 0 Å². The average Bonchev–Trinajstić information content (AvgIpc) is 2.38. The summed E-state index contributed by atoms with van der Waals surface area (Å²) >= 11 is 0. The summed E-state index contributed by atoms with van der Waals surface area (Å²) < 4.78 is 10.9. The fraction of sp³-hybridized carbons (Fsp3) is 0.533. The van der Waals surface area contributed by atoms with E-state index in [4.69, 9.17) is 9.47 Å². The maximum atomic E-state index is 11.3. The molecule has 0 radical (unpaired) electrons. The van der Waals surface area contributed by atoms with Gasteiger partial charge in [0.1, 0.15) is 17.9 Å². The van der Waals surface area contributed by atoms with E-state index in [0.29, 0.717) is 13.2 Å². The van der Waals surface area contributed by atoms with Crippen molar-refractivity contribution >= 4 is 5.97 Å². The number of para-hydroxylation sites is 1. The van der Waals surface area contributed by atoms with Gasteiger partial charge in [0.15, 0.2) is 0 Å². The second-order valence-corrected chi connectivity index (χ2v) is 5.15. The predicted molar refractivity (Wildman–Crippen MR) is 77.1 cm³/mol. The quantitative estimate of drug-likeness (QED) is 0.677. The third kappa shape index (κ3) is 5.59. The maximum absolute atomic E-state index is 11.3. The van der Waals surface area contributed by atoms with Gasteiger partial charge in [0.05, 0.1) is 13.2 Å². The highest BCUT2D eigenvalue weighted by Gasteiger charge is 2.33. The lowest BCUT2D eigenvalue weighted by Crippen LogP contribution is -2.55. The predicted octanol–water partition coefficient (Wildman–Crippen LogP) is 1.92. The molecule has 5 nitrogen and oxygen atoms in total. The molecule has 1 rings (SSSR count).